The van der Waals surface area contributed by atoms with Crippen molar-refractivity contribution in [3.8, 4) is 0 Å². The van der Waals surface area contributed by atoms with Crippen molar-refractivity contribution >= 4 is 35.3 Å². The van der Waals surface area contributed by atoms with Gasteiger partial charge in [-0.05, 0) is 0 Å². The molecule has 0 saturated carbocycles. The Morgan fingerprint density at radius 1 is 0.765 bits per heavy atom. The third-order valence-corrected chi connectivity index (χ3v) is 9.17. The van der Waals surface area contributed by atoms with Gasteiger partial charge in [0.25, 0.3) is 0 Å². The van der Waals surface area contributed by atoms with Gasteiger partial charge in [0.15, 0.2) is 0 Å². The van der Waals surface area contributed by atoms with E-state index in [0.717, 1.165) is 34.9 Å². The summed E-state index contributed by atoms with van der Waals surface area (Å²) in [6, 6.07) is 26.8. The number of allylic oxidation sites excluding steroid dienone is 1. The zero-order chi connectivity index (χ0) is 24.2. The van der Waals surface area contributed by atoms with Gasteiger partial charge in [-0.3, -0.25) is 0 Å². The normalized spacial score (nSPS) is 12.3. The van der Waals surface area contributed by atoms with Crippen LogP contribution in [0, 0.1) is 6.92 Å². The van der Waals surface area contributed by atoms with Crippen LogP contribution >= 0.6 is 0 Å². The standard InChI is InChI=1S/C29H34O3SSe/c1-3-4-5-6-7-14-19-28(34-27-17-12-9-13-18-27)29(25-15-10-8-11-16-25)32-33(30,31)26-22-20-24(2)21-23-26/h8-13,15-18,20-23H,3-7,14,19H2,1-2H3/b29-28+. The van der Waals surface area contributed by atoms with Crippen LogP contribution in [0.15, 0.2) is 94.3 Å². The summed E-state index contributed by atoms with van der Waals surface area (Å²) < 4.78 is 34.8. The van der Waals surface area contributed by atoms with Crippen LogP contribution in [0.3, 0.4) is 0 Å². The van der Waals surface area contributed by atoms with E-state index in [1.807, 2.05) is 55.5 Å². The van der Waals surface area contributed by atoms with Gasteiger partial charge in [0.2, 0.25) is 0 Å². The molecule has 3 rings (SSSR count). The average molecular weight is 542 g/mol. The summed E-state index contributed by atoms with van der Waals surface area (Å²) in [5.74, 6) is 0.485. The Balaban J connectivity index is 1.96. The van der Waals surface area contributed by atoms with Gasteiger partial charge in [0.1, 0.15) is 0 Å². The minimum atomic E-state index is -3.95. The van der Waals surface area contributed by atoms with E-state index >= 15 is 0 Å². The van der Waals surface area contributed by atoms with Crippen molar-refractivity contribution in [2.45, 2.75) is 63.7 Å². The molecule has 180 valence electrons. The van der Waals surface area contributed by atoms with Crippen LogP contribution in [0.1, 0.15) is 63.0 Å². The van der Waals surface area contributed by atoms with E-state index in [0.29, 0.717) is 5.76 Å². The summed E-state index contributed by atoms with van der Waals surface area (Å²) >= 11 is -0.0430. The fourth-order valence-corrected chi connectivity index (χ4v) is 6.97. The first kappa shape index (κ1) is 26.3. The monoisotopic (exact) mass is 542 g/mol. The number of aryl methyl sites for hydroxylation is 1. The van der Waals surface area contributed by atoms with Crippen LogP contribution in [0.2, 0.25) is 0 Å². The summed E-state index contributed by atoms with van der Waals surface area (Å²) in [5.41, 5.74) is 1.81. The second-order valence-electron chi connectivity index (χ2n) is 8.40. The molecule has 0 bridgehead atoms. The first-order valence-corrected chi connectivity index (χ1v) is 15.1. The number of hydrogen-bond acceptors (Lipinski definition) is 3. The molecule has 3 nitrogen and oxygen atoms in total. The number of hydrogen-bond donors (Lipinski definition) is 0. The molecule has 0 N–H and O–H groups in total. The Morgan fingerprint density at radius 3 is 2.00 bits per heavy atom. The Labute approximate surface area is 211 Å². The van der Waals surface area contributed by atoms with Crippen LogP contribution in [0.4, 0.5) is 0 Å². The molecule has 0 spiro atoms. The van der Waals surface area contributed by atoms with E-state index in [1.54, 1.807) is 24.3 Å². The molecular formula is C29H34O3SSe. The van der Waals surface area contributed by atoms with Crippen molar-refractivity contribution in [1.29, 1.82) is 0 Å². The van der Waals surface area contributed by atoms with Gasteiger partial charge in [-0.15, -0.1) is 0 Å². The van der Waals surface area contributed by atoms with E-state index in [-0.39, 0.29) is 19.9 Å². The number of unbranched alkanes of at least 4 members (excludes halogenated alkanes) is 5. The topological polar surface area (TPSA) is 43.4 Å². The zero-order valence-corrected chi connectivity index (χ0v) is 22.6. The fourth-order valence-electron chi connectivity index (χ4n) is 3.62. The second-order valence-corrected chi connectivity index (χ2v) is 12.4. The number of rotatable bonds is 13. The van der Waals surface area contributed by atoms with Crippen LogP contribution < -0.4 is 4.46 Å². The maximum absolute atomic E-state index is 13.3. The SMILES string of the molecule is CCCCCCCC/C([Se]c1ccccc1)=C(\OS(=O)(=O)c1ccc(C)cc1)c1ccccc1. The molecule has 0 radical (unpaired) electrons. The Hall–Kier alpha value is -2.33. The van der Waals surface area contributed by atoms with Gasteiger partial charge in [0.05, 0.1) is 0 Å². The van der Waals surface area contributed by atoms with E-state index in [9.17, 15) is 8.42 Å². The van der Waals surface area contributed by atoms with E-state index < -0.39 is 10.1 Å². The molecule has 3 aromatic rings. The third-order valence-electron chi connectivity index (χ3n) is 5.53. The molecule has 0 heterocycles. The second kappa shape index (κ2) is 13.5. The molecule has 0 aliphatic heterocycles. The number of benzene rings is 3. The van der Waals surface area contributed by atoms with E-state index in [2.05, 4.69) is 19.1 Å². The first-order valence-electron chi connectivity index (χ1n) is 12.0. The van der Waals surface area contributed by atoms with Gasteiger partial charge < -0.3 is 0 Å². The predicted molar refractivity (Wildman–Crippen MR) is 143 cm³/mol. The Morgan fingerprint density at radius 2 is 1.35 bits per heavy atom. The zero-order valence-electron chi connectivity index (χ0n) is 20.1. The van der Waals surface area contributed by atoms with Crippen LogP contribution in [-0.2, 0) is 14.3 Å². The average Bonchev–Trinajstić information content (AvgIpc) is 2.85. The van der Waals surface area contributed by atoms with Gasteiger partial charge >= 0.3 is 212 Å². The molecule has 0 atom stereocenters. The molecule has 0 unspecified atom stereocenters. The molecule has 0 amide bonds. The van der Waals surface area contributed by atoms with Gasteiger partial charge in [0, 0.05) is 0 Å². The summed E-state index contributed by atoms with van der Waals surface area (Å²) in [7, 11) is -3.95. The minimum absolute atomic E-state index is 0.0430. The van der Waals surface area contributed by atoms with E-state index in [1.165, 1.54) is 30.1 Å². The summed E-state index contributed by atoms with van der Waals surface area (Å²) in [4.78, 5) is 0.178. The van der Waals surface area contributed by atoms with Crippen molar-refractivity contribution in [3.63, 3.8) is 0 Å². The Bertz CT molecular complexity index is 1140. The molecule has 0 aliphatic rings. The summed E-state index contributed by atoms with van der Waals surface area (Å²) in [6.07, 6.45) is 7.95. The van der Waals surface area contributed by atoms with Crippen molar-refractivity contribution in [1.82, 2.24) is 0 Å². The molecule has 3 aromatic carbocycles. The summed E-state index contributed by atoms with van der Waals surface area (Å²) in [5, 5.41) is 0. The predicted octanol–water partition coefficient (Wildman–Crippen LogP) is 6.85. The molecule has 0 saturated heterocycles. The molecule has 5 heteroatoms. The van der Waals surface area contributed by atoms with E-state index in [4.69, 9.17) is 4.18 Å². The molecular weight excluding hydrogens is 507 g/mol. The Kier molecular flexibility index (Phi) is 10.5. The van der Waals surface area contributed by atoms with Gasteiger partial charge in [-0.1, -0.05) is 0 Å². The molecule has 0 aromatic heterocycles. The maximum atomic E-state index is 13.3. The van der Waals surface area contributed by atoms with Crippen LogP contribution in [-0.4, -0.2) is 23.4 Å². The van der Waals surface area contributed by atoms with Crippen LogP contribution in [0.5, 0.6) is 0 Å². The molecule has 34 heavy (non-hydrogen) atoms. The van der Waals surface area contributed by atoms with Gasteiger partial charge in [-0.25, -0.2) is 0 Å². The summed E-state index contributed by atoms with van der Waals surface area (Å²) in [6.45, 7) is 4.16. The molecule has 0 aliphatic carbocycles. The van der Waals surface area contributed by atoms with Crippen molar-refractivity contribution in [2.24, 2.45) is 0 Å². The van der Waals surface area contributed by atoms with Crippen molar-refractivity contribution in [2.75, 3.05) is 0 Å². The third kappa shape index (κ3) is 8.16. The van der Waals surface area contributed by atoms with Crippen molar-refractivity contribution in [3.05, 3.63) is 101 Å². The quantitative estimate of drug-likeness (QED) is 0.103. The van der Waals surface area contributed by atoms with Crippen LogP contribution in [0.25, 0.3) is 5.76 Å². The van der Waals surface area contributed by atoms with Crippen molar-refractivity contribution < 1.29 is 12.6 Å². The fraction of sp³-hybridized carbons (Fsp3) is 0.310. The molecule has 0 fully saturated rings. The first-order chi connectivity index (χ1) is 16.5. The van der Waals surface area contributed by atoms with Gasteiger partial charge in [-0.2, -0.15) is 0 Å².